The van der Waals surface area contributed by atoms with E-state index in [-0.39, 0.29) is 6.54 Å². The fourth-order valence-corrected chi connectivity index (χ4v) is 0.569. The maximum atomic E-state index is 10.8. The molecule has 0 unspecified atom stereocenters. The number of hydrogen-bond donors (Lipinski definition) is 1. The molecule has 0 heterocycles. The Kier molecular flexibility index (Phi) is 5.03. The number of nitrogens with one attached hydrogen (secondary N) is 1. The van der Waals surface area contributed by atoms with E-state index in [2.05, 4.69) is 14.8 Å². The van der Waals surface area contributed by atoms with Gasteiger partial charge in [-0.2, -0.15) is 0 Å². The van der Waals surface area contributed by atoms with Crippen molar-refractivity contribution in [3.8, 4) is 0 Å². The third-order valence-corrected chi connectivity index (χ3v) is 1.33. The average Bonchev–Trinajstić information content (AvgIpc) is 2.11. The van der Waals surface area contributed by atoms with Gasteiger partial charge in [-0.3, -0.25) is 14.9 Å². The third-order valence-electron chi connectivity index (χ3n) is 1.33. The van der Waals surface area contributed by atoms with Crippen molar-refractivity contribution in [2.75, 3.05) is 20.8 Å². The molecule has 0 aliphatic rings. The number of esters is 2. The van der Waals surface area contributed by atoms with E-state index in [1.54, 1.807) is 6.92 Å². The van der Waals surface area contributed by atoms with Gasteiger partial charge in [0.25, 0.3) is 0 Å². The number of methoxy groups -OCH3 is 2. The predicted molar refractivity (Wildman–Crippen MR) is 41.5 cm³/mol. The van der Waals surface area contributed by atoms with Crippen molar-refractivity contribution < 1.29 is 19.1 Å². The van der Waals surface area contributed by atoms with Crippen LogP contribution in [0, 0.1) is 0 Å². The first-order valence-corrected chi connectivity index (χ1v) is 3.49. The van der Waals surface area contributed by atoms with Crippen molar-refractivity contribution in [2.24, 2.45) is 0 Å². The largest absolute Gasteiger partial charge is 0.468 e. The Bertz CT molecular complexity index is 169. The summed E-state index contributed by atoms with van der Waals surface area (Å²) in [5, 5.41) is 2.63. The Labute approximate surface area is 71.0 Å². The second kappa shape index (κ2) is 5.54. The summed E-state index contributed by atoms with van der Waals surface area (Å²) in [7, 11) is 2.57. The highest BCUT2D eigenvalue weighted by molar-refractivity contribution is 5.77. The molecule has 0 aromatic carbocycles. The Morgan fingerprint density at radius 3 is 2.33 bits per heavy atom. The standard InChI is InChI=1S/C7H13NO4/c1-5(7(10)12-3)8-4-6(9)11-2/h5,8H,4H2,1-3H3/t5-/m1/s1. The Morgan fingerprint density at radius 2 is 1.92 bits per heavy atom. The van der Waals surface area contributed by atoms with Crippen LogP contribution >= 0.6 is 0 Å². The zero-order chi connectivity index (χ0) is 9.56. The van der Waals surface area contributed by atoms with Crippen LogP contribution in [0.15, 0.2) is 0 Å². The summed E-state index contributed by atoms with van der Waals surface area (Å²) in [6, 6.07) is -0.492. The summed E-state index contributed by atoms with van der Waals surface area (Å²) in [5.74, 6) is -0.815. The number of hydrogen-bond acceptors (Lipinski definition) is 5. The summed E-state index contributed by atoms with van der Waals surface area (Å²) in [6.45, 7) is 1.61. The molecule has 0 spiro atoms. The molecule has 0 aliphatic heterocycles. The number of rotatable bonds is 4. The molecule has 0 radical (unpaired) electrons. The Hall–Kier alpha value is -1.10. The lowest BCUT2D eigenvalue weighted by atomic mass is 10.3. The van der Waals surface area contributed by atoms with Gasteiger partial charge in [0.15, 0.2) is 0 Å². The minimum atomic E-state index is -0.492. The molecule has 0 saturated carbocycles. The fraction of sp³-hybridized carbons (Fsp3) is 0.714. The lowest BCUT2D eigenvalue weighted by molar-refractivity contribution is -0.143. The molecule has 0 aromatic rings. The van der Waals surface area contributed by atoms with E-state index >= 15 is 0 Å². The van der Waals surface area contributed by atoms with Crippen LogP contribution < -0.4 is 5.32 Å². The molecule has 0 fully saturated rings. The Balaban J connectivity index is 3.63. The number of ether oxygens (including phenoxy) is 2. The van der Waals surface area contributed by atoms with Gasteiger partial charge in [0.1, 0.15) is 6.04 Å². The molecular formula is C7H13NO4. The average molecular weight is 175 g/mol. The van der Waals surface area contributed by atoms with Gasteiger partial charge in [0.2, 0.25) is 0 Å². The van der Waals surface area contributed by atoms with Gasteiger partial charge in [-0.05, 0) is 6.92 Å². The van der Waals surface area contributed by atoms with Crippen LogP contribution in [-0.4, -0.2) is 38.7 Å². The predicted octanol–water partition coefficient (Wildman–Crippen LogP) is -0.690. The van der Waals surface area contributed by atoms with Gasteiger partial charge in [-0.1, -0.05) is 0 Å². The van der Waals surface area contributed by atoms with Crippen LogP contribution in [0.4, 0.5) is 0 Å². The van der Waals surface area contributed by atoms with Gasteiger partial charge >= 0.3 is 11.9 Å². The molecule has 5 heteroatoms. The quantitative estimate of drug-likeness (QED) is 0.573. The molecular weight excluding hydrogens is 162 g/mol. The Morgan fingerprint density at radius 1 is 1.33 bits per heavy atom. The van der Waals surface area contributed by atoms with Crippen molar-refractivity contribution in [1.82, 2.24) is 5.32 Å². The van der Waals surface area contributed by atoms with Gasteiger partial charge in [-0.15, -0.1) is 0 Å². The summed E-state index contributed by atoms with van der Waals surface area (Å²) in [6.07, 6.45) is 0. The maximum absolute atomic E-state index is 10.8. The maximum Gasteiger partial charge on any atom is 0.322 e. The number of carbonyl (C=O) groups is 2. The normalized spacial score (nSPS) is 11.9. The first kappa shape index (κ1) is 10.9. The van der Waals surface area contributed by atoms with E-state index in [4.69, 9.17) is 0 Å². The minimum absolute atomic E-state index is 0.00671. The number of carbonyl (C=O) groups excluding carboxylic acids is 2. The molecule has 5 nitrogen and oxygen atoms in total. The smallest absolute Gasteiger partial charge is 0.322 e. The summed E-state index contributed by atoms with van der Waals surface area (Å²) < 4.78 is 8.78. The minimum Gasteiger partial charge on any atom is -0.468 e. The molecule has 0 aromatic heterocycles. The van der Waals surface area contributed by atoms with Crippen molar-refractivity contribution >= 4 is 11.9 Å². The summed E-state index contributed by atoms with van der Waals surface area (Å²) in [5.41, 5.74) is 0. The topological polar surface area (TPSA) is 64.6 Å². The van der Waals surface area contributed by atoms with E-state index in [9.17, 15) is 9.59 Å². The van der Waals surface area contributed by atoms with Crippen molar-refractivity contribution in [1.29, 1.82) is 0 Å². The molecule has 0 amide bonds. The lowest BCUT2D eigenvalue weighted by Gasteiger charge is -2.09. The first-order valence-electron chi connectivity index (χ1n) is 3.49. The molecule has 0 bridgehead atoms. The van der Waals surface area contributed by atoms with Crippen LogP contribution in [0.25, 0.3) is 0 Å². The van der Waals surface area contributed by atoms with Crippen LogP contribution in [0.2, 0.25) is 0 Å². The van der Waals surface area contributed by atoms with Gasteiger partial charge in [-0.25, -0.2) is 0 Å². The first-order chi connectivity index (χ1) is 5.61. The highest BCUT2D eigenvalue weighted by Gasteiger charge is 2.13. The zero-order valence-electron chi connectivity index (χ0n) is 7.42. The van der Waals surface area contributed by atoms with Crippen molar-refractivity contribution in [3.05, 3.63) is 0 Å². The van der Waals surface area contributed by atoms with E-state index in [1.807, 2.05) is 0 Å². The van der Waals surface area contributed by atoms with Crippen molar-refractivity contribution in [3.63, 3.8) is 0 Å². The van der Waals surface area contributed by atoms with E-state index in [1.165, 1.54) is 14.2 Å². The molecule has 1 atom stereocenters. The second-order valence-corrected chi connectivity index (χ2v) is 2.20. The van der Waals surface area contributed by atoms with Gasteiger partial charge < -0.3 is 9.47 Å². The fourth-order valence-electron chi connectivity index (χ4n) is 0.569. The van der Waals surface area contributed by atoms with E-state index in [0.29, 0.717) is 0 Å². The molecule has 0 aliphatic carbocycles. The molecule has 1 N–H and O–H groups in total. The van der Waals surface area contributed by atoms with Crippen molar-refractivity contribution in [2.45, 2.75) is 13.0 Å². The van der Waals surface area contributed by atoms with Crippen LogP contribution in [0.5, 0.6) is 0 Å². The summed E-state index contributed by atoms with van der Waals surface area (Å²) in [4.78, 5) is 21.4. The second-order valence-electron chi connectivity index (χ2n) is 2.20. The summed E-state index contributed by atoms with van der Waals surface area (Å²) >= 11 is 0. The molecule has 70 valence electrons. The highest BCUT2D eigenvalue weighted by Crippen LogP contribution is 1.84. The molecule has 0 rings (SSSR count). The zero-order valence-corrected chi connectivity index (χ0v) is 7.42. The van der Waals surface area contributed by atoms with E-state index in [0.717, 1.165) is 0 Å². The highest BCUT2D eigenvalue weighted by atomic mass is 16.5. The molecule has 0 saturated heterocycles. The van der Waals surface area contributed by atoms with E-state index < -0.39 is 18.0 Å². The molecule has 12 heavy (non-hydrogen) atoms. The van der Waals surface area contributed by atoms with Gasteiger partial charge in [0.05, 0.1) is 20.8 Å². The monoisotopic (exact) mass is 175 g/mol. The van der Waals surface area contributed by atoms with Crippen LogP contribution in [0.1, 0.15) is 6.92 Å². The lowest BCUT2D eigenvalue weighted by Crippen LogP contribution is -2.38. The van der Waals surface area contributed by atoms with Crippen LogP contribution in [0.3, 0.4) is 0 Å². The third kappa shape index (κ3) is 3.92. The SMILES string of the molecule is COC(=O)CN[C@H](C)C(=O)OC. The van der Waals surface area contributed by atoms with Crippen LogP contribution in [-0.2, 0) is 19.1 Å². The van der Waals surface area contributed by atoms with Gasteiger partial charge in [0, 0.05) is 0 Å².